The van der Waals surface area contributed by atoms with Crippen LogP contribution in [0.5, 0.6) is 0 Å². The zero-order valence-electron chi connectivity index (χ0n) is 13.8. The number of hydrogen-bond acceptors (Lipinski definition) is 6. The molecule has 0 aliphatic rings. The summed E-state index contributed by atoms with van der Waals surface area (Å²) in [6, 6.07) is 1.04. The second kappa shape index (κ2) is 7.96. The Morgan fingerprint density at radius 2 is 2.00 bits per heavy atom. The van der Waals surface area contributed by atoms with Crippen molar-refractivity contribution in [3.63, 3.8) is 0 Å². The van der Waals surface area contributed by atoms with Gasteiger partial charge in [-0.05, 0) is 42.8 Å². The maximum absolute atomic E-state index is 14.2. The van der Waals surface area contributed by atoms with E-state index < -0.39 is 46.3 Å². The van der Waals surface area contributed by atoms with Crippen LogP contribution in [0, 0.1) is 15.9 Å². The third-order valence-corrected chi connectivity index (χ3v) is 3.57. The number of benzene rings is 1. The summed E-state index contributed by atoms with van der Waals surface area (Å²) in [5.41, 5.74) is -2.65. The van der Waals surface area contributed by atoms with Crippen LogP contribution in [-0.2, 0) is 14.3 Å². The normalized spacial score (nSPS) is 11.0. The van der Waals surface area contributed by atoms with Gasteiger partial charge in [0.1, 0.15) is 17.8 Å². The Kier molecular flexibility index (Phi) is 6.72. The van der Waals surface area contributed by atoms with Crippen molar-refractivity contribution in [3.05, 3.63) is 31.5 Å². The van der Waals surface area contributed by atoms with Crippen molar-refractivity contribution in [1.29, 1.82) is 0 Å². The van der Waals surface area contributed by atoms with Crippen LogP contribution in [-0.4, -0.2) is 36.2 Å². The standard InChI is InChI=1S/C14H15BrClFN2O6/c1-14(2,3)25-13(21)18(6-9(20)24-4)11-8(16)5-7(15)10(17)12(11)19(22)23/h5H,6H2,1-4H3. The van der Waals surface area contributed by atoms with E-state index in [0.29, 0.717) is 4.90 Å². The van der Waals surface area contributed by atoms with Gasteiger partial charge in [-0.15, -0.1) is 0 Å². The van der Waals surface area contributed by atoms with Gasteiger partial charge in [-0.2, -0.15) is 4.39 Å². The highest BCUT2D eigenvalue weighted by Gasteiger charge is 2.36. The highest BCUT2D eigenvalue weighted by molar-refractivity contribution is 9.10. The Bertz CT molecular complexity index is 722. The number of methoxy groups -OCH3 is 1. The Balaban J connectivity index is 3.59. The number of nitro groups is 1. The fraction of sp³-hybridized carbons (Fsp3) is 0.429. The monoisotopic (exact) mass is 440 g/mol. The molecule has 11 heteroatoms. The van der Waals surface area contributed by atoms with Gasteiger partial charge in [0.15, 0.2) is 0 Å². The Labute approximate surface area is 156 Å². The zero-order valence-corrected chi connectivity index (χ0v) is 16.1. The van der Waals surface area contributed by atoms with E-state index in [9.17, 15) is 24.1 Å². The number of carbonyl (C=O) groups is 2. The predicted octanol–water partition coefficient (Wildman–Crippen LogP) is 4.06. The van der Waals surface area contributed by atoms with E-state index in [0.717, 1.165) is 13.2 Å². The summed E-state index contributed by atoms with van der Waals surface area (Å²) in [6.07, 6.45) is -1.12. The lowest BCUT2D eigenvalue weighted by atomic mass is 10.2. The molecule has 0 saturated heterocycles. The summed E-state index contributed by atoms with van der Waals surface area (Å²) >= 11 is 8.79. The number of carbonyl (C=O) groups excluding carboxylic acids is 2. The van der Waals surface area contributed by atoms with Gasteiger partial charge in [0.05, 0.1) is 21.5 Å². The summed E-state index contributed by atoms with van der Waals surface area (Å²) in [5.74, 6) is -2.15. The fourth-order valence-electron chi connectivity index (χ4n) is 1.74. The van der Waals surface area contributed by atoms with E-state index in [4.69, 9.17) is 16.3 Å². The smallest absolute Gasteiger partial charge is 0.415 e. The van der Waals surface area contributed by atoms with Crippen LogP contribution < -0.4 is 4.90 Å². The molecule has 1 amide bonds. The summed E-state index contributed by atoms with van der Waals surface area (Å²) in [4.78, 5) is 34.9. The van der Waals surface area contributed by atoms with E-state index in [2.05, 4.69) is 20.7 Å². The molecule has 0 saturated carbocycles. The van der Waals surface area contributed by atoms with Crippen LogP contribution in [0.25, 0.3) is 0 Å². The van der Waals surface area contributed by atoms with E-state index in [-0.39, 0.29) is 9.50 Å². The van der Waals surface area contributed by atoms with Crippen molar-refractivity contribution in [2.24, 2.45) is 0 Å². The first-order valence-electron chi connectivity index (χ1n) is 6.78. The van der Waals surface area contributed by atoms with Gasteiger partial charge in [0, 0.05) is 0 Å². The van der Waals surface area contributed by atoms with Gasteiger partial charge in [0.25, 0.3) is 0 Å². The molecule has 8 nitrogen and oxygen atoms in total. The molecule has 0 spiro atoms. The van der Waals surface area contributed by atoms with Crippen molar-refractivity contribution in [2.75, 3.05) is 18.6 Å². The molecule has 25 heavy (non-hydrogen) atoms. The highest BCUT2D eigenvalue weighted by Crippen LogP contribution is 2.41. The highest BCUT2D eigenvalue weighted by atomic mass is 79.9. The largest absolute Gasteiger partial charge is 0.468 e. The van der Waals surface area contributed by atoms with Crippen LogP contribution >= 0.6 is 27.5 Å². The minimum absolute atomic E-state index is 0.268. The van der Waals surface area contributed by atoms with Crippen LogP contribution in [0.15, 0.2) is 10.5 Å². The molecule has 0 heterocycles. The number of ether oxygens (including phenoxy) is 2. The molecule has 0 atom stereocenters. The molecule has 0 aromatic heterocycles. The number of anilines is 1. The second-order valence-electron chi connectivity index (χ2n) is 5.75. The molecule has 1 aromatic carbocycles. The first kappa shape index (κ1) is 21.1. The van der Waals surface area contributed by atoms with Crippen molar-refractivity contribution in [1.82, 2.24) is 0 Å². The maximum Gasteiger partial charge on any atom is 0.415 e. The van der Waals surface area contributed by atoms with Crippen molar-refractivity contribution in [3.8, 4) is 0 Å². The number of rotatable bonds is 4. The van der Waals surface area contributed by atoms with Gasteiger partial charge < -0.3 is 9.47 Å². The summed E-state index contributed by atoms with van der Waals surface area (Å²) < 4.78 is 23.6. The van der Waals surface area contributed by atoms with Gasteiger partial charge >= 0.3 is 17.7 Å². The average molecular weight is 442 g/mol. The van der Waals surface area contributed by atoms with E-state index in [1.54, 1.807) is 20.8 Å². The summed E-state index contributed by atoms with van der Waals surface area (Å²) in [7, 11) is 1.06. The molecule has 0 fully saturated rings. The van der Waals surface area contributed by atoms with Crippen LogP contribution in [0.4, 0.5) is 20.6 Å². The zero-order chi connectivity index (χ0) is 19.5. The Morgan fingerprint density at radius 3 is 2.44 bits per heavy atom. The first-order valence-corrected chi connectivity index (χ1v) is 7.95. The number of esters is 1. The molecule has 1 rings (SSSR count). The molecule has 0 N–H and O–H groups in total. The molecule has 138 valence electrons. The number of amides is 1. The molecular formula is C14H15BrClFN2O6. The lowest BCUT2D eigenvalue weighted by Gasteiger charge is -2.27. The molecule has 0 unspecified atom stereocenters. The molecule has 0 aliphatic carbocycles. The first-order chi connectivity index (χ1) is 11.4. The third kappa shape index (κ3) is 5.27. The summed E-state index contributed by atoms with van der Waals surface area (Å²) in [6.45, 7) is 3.91. The fourth-order valence-corrected chi connectivity index (χ4v) is 2.59. The molecule has 0 radical (unpaired) electrons. The van der Waals surface area contributed by atoms with Gasteiger partial charge in [-0.3, -0.25) is 19.8 Å². The molecule has 1 aromatic rings. The second-order valence-corrected chi connectivity index (χ2v) is 7.01. The van der Waals surface area contributed by atoms with Crippen molar-refractivity contribution < 1.29 is 28.4 Å². The number of nitro benzene ring substituents is 1. The van der Waals surface area contributed by atoms with E-state index >= 15 is 0 Å². The van der Waals surface area contributed by atoms with Gasteiger partial charge in [-0.25, -0.2) is 4.79 Å². The van der Waals surface area contributed by atoms with Crippen LogP contribution in [0.2, 0.25) is 5.02 Å². The van der Waals surface area contributed by atoms with E-state index in [1.165, 1.54) is 0 Å². The van der Waals surface area contributed by atoms with Gasteiger partial charge in [-0.1, -0.05) is 11.6 Å². The SMILES string of the molecule is COC(=O)CN(C(=O)OC(C)(C)C)c1c(Cl)cc(Br)c(F)c1[N+](=O)[O-]. The minimum atomic E-state index is -1.25. The lowest BCUT2D eigenvalue weighted by Crippen LogP contribution is -2.41. The maximum atomic E-state index is 14.2. The number of halogens is 3. The summed E-state index contributed by atoms with van der Waals surface area (Å²) in [5, 5.41) is 11.0. The molecule has 0 bridgehead atoms. The van der Waals surface area contributed by atoms with Crippen molar-refractivity contribution >= 4 is 51.0 Å². The number of nitrogens with zero attached hydrogens (tertiary/aromatic N) is 2. The third-order valence-electron chi connectivity index (χ3n) is 2.70. The average Bonchev–Trinajstić information content (AvgIpc) is 2.46. The number of hydrogen-bond donors (Lipinski definition) is 0. The minimum Gasteiger partial charge on any atom is -0.468 e. The van der Waals surface area contributed by atoms with Crippen LogP contribution in [0.1, 0.15) is 20.8 Å². The molecule has 0 aliphatic heterocycles. The molecular weight excluding hydrogens is 427 g/mol. The quantitative estimate of drug-likeness (QED) is 0.302. The Hall–Kier alpha value is -1.94. The van der Waals surface area contributed by atoms with Crippen molar-refractivity contribution in [2.45, 2.75) is 26.4 Å². The van der Waals surface area contributed by atoms with Crippen LogP contribution in [0.3, 0.4) is 0 Å². The lowest BCUT2D eigenvalue weighted by molar-refractivity contribution is -0.386. The topological polar surface area (TPSA) is 99.0 Å². The van der Waals surface area contributed by atoms with E-state index in [1.807, 2.05) is 0 Å². The van der Waals surface area contributed by atoms with Gasteiger partial charge in [0.2, 0.25) is 5.82 Å². The Morgan fingerprint density at radius 1 is 1.44 bits per heavy atom. The predicted molar refractivity (Wildman–Crippen MR) is 91.4 cm³/mol.